The molecule has 5 aromatic rings. The van der Waals surface area contributed by atoms with Gasteiger partial charge in [0.15, 0.2) is 17.2 Å². The Labute approximate surface area is 325 Å². The zero-order valence-electron chi connectivity index (χ0n) is 31.3. The number of nitrogens with two attached hydrogens (primary N) is 3. The summed E-state index contributed by atoms with van der Waals surface area (Å²) in [6.07, 6.45) is 3.31. The van der Waals surface area contributed by atoms with E-state index in [-0.39, 0.29) is 71.9 Å². The zero-order valence-corrected chi connectivity index (χ0v) is 31.3. The summed E-state index contributed by atoms with van der Waals surface area (Å²) in [4.78, 5) is 52.1. The molecule has 0 aliphatic heterocycles. The standard InChI is InChI=1S/C39H39F3N12O3/c1-21(2)54-18-30(39(40,41)42)51-36(54)23-10-11-24(25(14-23)15-29(44)27-6-4-5-7-28(27)34(46)56)16-53(17-26(43)12-13-31(45)55)38-50-20-48-35(52-38)32-33(22-8-9-22)47-19-49-37(32)57-3/h4-7,10-14,18-22,43-44H,8-9,15-17H2,1-3H3,(H2,45,55)(H2,46,56)/p+1/b13-12-,43-26?,44-29?. The molecular formula is C39H40F3N12O3+. The van der Waals surface area contributed by atoms with Crippen LogP contribution in [-0.2, 0) is 23.9 Å². The van der Waals surface area contributed by atoms with Crippen molar-refractivity contribution in [1.29, 1.82) is 5.41 Å². The number of primary amides is 2. The second kappa shape index (κ2) is 16.5. The molecule has 2 aromatic carbocycles. The Morgan fingerprint density at radius 1 is 1.02 bits per heavy atom. The van der Waals surface area contributed by atoms with Crippen LogP contribution in [0.2, 0.25) is 0 Å². The Hall–Kier alpha value is -6.85. The molecule has 0 saturated heterocycles. The van der Waals surface area contributed by atoms with Gasteiger partial charge in [0.1, 0.15) is 30.6 Å². The fraction of sp³-hybridized carbons (Fsp3) is 0.282. The molecule has 2 amide bonds. The monoisotopic (exact) mass is 781 g/mol. The van der Waals surface area contributed by atoms with Gasteiger partial charge in [0.2, 0.25) is 23.6 Å². The van der Waals surface area contributed by atoms with Crippen molar-refractivity contribution < 1.29 is 32.9 Å². The second-order valence-corrected chi connectivity index (χ2v) is 13.7. The molecule has 15 nitrogen and oxygen atoms in total. The second-order valence-electron chi connectivity index (χ2n) is 13.7. The van der Waals surface area contributed by atoms with Gasteiger partial charge in [-0.15, -0.1) is 0 Å². The van der Waals surface area contributed by atoms with E-state index in [0.717, 1.165) is 30.8 Å². The van der Waals surface area contributed by atoms with Gasteiger partial charge in [0, 0.05) is 65.7 Å². The summed E-state index contributed by atoms with van der Waals surface area (Å²) in [5.41, 5.74) is 13.4. The lowest BCUT2D eigenvalue weighted by atomic mass is 9.93. The Morgan fingerprint density at radius 2 is 1.74 bits per heavy atom. The number of amides is 2. The van der Waals surface area contributed by atoms with Crippen molar-refractivity contribution in [3.8, 4) is 28.7 Å². The van der Waals surface area contributed by atoms with E-state index in [4.69, 9.17) is 32.0 Å². The summed E-state index contributed by atoms with van der Waals surface area (Å²) in [5, 5.41) is 15.5. The van der Waals surface area contributed by atoms with E-state index >= 15 is 0 Å². The predicted molar refractivity (Wildman–Crippen MR) is 204 cm³/mol. The van der Waals surface area contributed by atoms with Crippen LogP contribution in [-0.4, -0.2) is 71.4 Å². The van der Waals surface area contributed by atoms with Crippen LogP contribution in [0.5, 0.6) is 5.88 Å². The van der Waals surface area contributed by atoms with Crippen LogP contribution in [0.15, 0.2) is 73.5 Å². The van der Waals surface area contributed by atoms with Crippen molar-refractivity contribution in [3.63, 3.8) is 0 Å². The number of rotatable bonds is 16. The summed E-state index contributed by atoms with van der Waals surface area (Å²) < 4.78 is 48.7. The number of nitrogens with one attached hydrogen (secondary N) is 1. The number of carbonyl (C=O) groups is 2. The summed E-state index contributed by atoms with van der Waals surface area (Å²) in [6, 6.07) is 11.1. The van der Waals surface area contributed by atoms with E-state index in [1.807, 2.05) is 0 Å². The topological polar surface area (TPSA) is 230 Å². The number of benzene rings is 2. The highest BCUT2D eigenvalue weighted by Gasteiger charge is 2.36. The van der Waals surface area contributed by atoms with E-state index in [1.165, 1.54) is 36.5 Å². The molecule has 6 rings (SSSR count). The number of hydrogen-bond donors (Lipinski definition) is 4. The summed E-state index contributed by atoms with van der Waals surface area (Å²) in [5.74, 6) is -0.475. The van der Waals surface area contributed by atoms with Crippen LogP contribution in [0, 0.1) is 5.41 Å². The van der Waals surface area contributed by atoms with Crippen LogP contribution in [0.25, 0.3) is 22.8 Å². The molecule has 3 heterocycles. The summed E-state index contributed by atoms with van der Waals surface area (Å²) >= 11 is 0. The molecule has 0 spiro atoms. The van der Waals surface area contributed by atoms with E-state index in [9.17, 15) is 22.8 Å². The predicted octanol–water partition coefficient (Wildman–Crippen LogP) is 3.64. The molecule has 1 aliphatic rings. The summed E-state index contributed by atoms with van der Waals surface area (Å²) in [6.45, 7) is 3.51. The first-order chi connectivity index (χ1) is 27.1. The molecule has 0 atom stereocenters. The van der Waals surface area contributed by atoms with Gasteiger partial charge in [0.25, 0.3) is 0 Å². The van der Waals surface area contributed by atoms with Gasteiger partial charge in [-0.3, -0.25) is 15.0 Å². The number of ether oxygens (including phenoxy) is 1. The number of nitrogens with zero attached hydrogens (tertiary/aromatic N) is 8. The van der Waals surface area contributed by atoms with Crippen molar-refractivity contribution in [2.24, 2.45) is 11.5 Å². The minimum absolute atomic E-state index is 0.0268. The van der Waals surface area contributed by atoms with Gasteiger partial charge >= 0.3 is 6.18 Å². The molecule has 1 aliphatic carbocycles. The third-order valence-electron chi connectivity index (χ3n) is 9.19. The van der Waals surface area contributed by atoms with Crippen molar-refractivity contribution in [2.45, 2.75) is 57.8 Å². The maximum absolute atomic E-state index is 13.9. The number of anilines is 1. The number of aromatic nitrogens is 7. The van der Waals surface area contributed by atoms with Crippen molar-refractivity contribution in [2.75, 3.05) is 18.6 Å². The Morgan fingerprint density at radius 3 is 2.39 bits per heavy atom. The highest BCUT2D eigenvalue weighted by Crippen LogP contribution is 2.45. The molecule has 18 heteroatoms. The van der Waals surface area contributed by atoms with Crippen LogP contribution in [0.3, 0.4) is 0 Å². The number of halogens is 3. The van der Waals surface area contributed by atoms with E-state index in [0.29, 0.717) is 27.8 Å². The van der Waals surface area contributed by atoms with Crippen molar-refractivity contribution >= 4 is 29.2 Å². The van der Waals surface area contributed by atoms with Gasteiger partial charge in [-0.2, -0.15) is 18.2 Å². The molecule has 7 N–H and O–H groups in total. The minimum Gasteiger partial charge on any atom is -0.480 e. The zero-order chi connectivity index (χ0) is 41.0. The van der Waals surface area contributed by atoms with Crippen LogP contribution in [0.4, 0.5) is 19.1 Å². The first-order valence-electron chi connectivity index (χ1n) is 17.8. The average molecular weight is 782 g/mol. The van der Waals surface area contributed by atoms with Crippen LogP contribution >= 0.6 is 0 Å². The lowest BCUT2D eigenvalue weighted by Gasteiger charge is -2.24. The molecular weight excluding hydrogens is 742 g/mol. The number of carbonyl (C=O) groups excluding carboxylic acids is 2. The molecule has 0 bridgehead atoms. The van der Waals surface area contributed by atoms with Crippen LogP contribution < -0.4 is 26.5 Å². The molecule has 1 saturated carbocycles. The van der Waals surface area contributed by atoms with Gasteiger partial charge < -0.3 is 31.1 Å². The number of hydrogen-bond acceptors (Lipinski definition) is 11. The largest absolute Gasteiger partial charge is 0.480 e. The fourth-order valence-corrected chi connectivity index (χ4v) is 6.31. The Kier molecular flexibility index (Phi) is 11.5. The van der Waals surface area contributed by atoms with Gasteiger partial charge in [-0.25, -0.2) is 24.9 Å². The first kappa shape index (κ1) is 39.8. The molecule has 3 aromatic heterocycles. The summed E-state index contributed by atoms with van der Waals surface area (Å²) in [7, 11) is 1.49. The molecule has 57 heavy (non-hydrogen) atoms. The van der Waals surface area contributed by atoms with Crippen molar-refractivity contribution in [3.05, 3.63) is 107 Å². The van der Waals surface area contributed by atoms with E-state index in [1.54, 1.807) is 55.1 Å². The highest BCUT2D eigenvalue weighted by molar-refractivity contribution is 6.09. The quantitative estimate of drug-likeness (QED) is 0.0839. The fourth-order valence-electron chi connectivity index (χ4n) is 6.31. The van der Waals surface area contributed by atoms with Crippen molar-refractivity contribution in [1.82, 2.24) is 34.5 Å². The molecule has 0 radical (unpaired) electrons. The third kappa shape index (κ3) is 9.17. The molecule has 294 valence electrons. The van der Waals surface area contributed by atoms with Gasteiger partial charge in [-0.05, 0) is 49.9 Å². The van der Waals surface area contributed by atoms with Crippen LogP contribution in [0.1, 0.15) is 77.1 Å². The minimum atomic E-state index is -4.68. The number of methoxy groups -OCH3 is 1. The molecule has 1 fully saturated rings. The SMILES string of the molecule is COc1ncnc(C2CC2)c1-c1ncnc(N(CC(=[NH2+])/C=C\C(N)=O)Cc2ccc(-c3nc(C(F)(F)F)cn3C(C)C)cc2CC(=N)c2ccccc2C(N)=O)n1. The normalized spacial score (nSPS) is 12.9. The molecule has 0 unspecified atom stereocenters. The maximum Gasteiger partial charge on any atom is 0.434 e. The first-order valence-corrected chi connectivity index (χ1v) is 17.8. The smallest absolute Gasteiger partial charge is 0.434 e. The third-order valence-corrected chi connectivity index (χ3v) is 9.19. The number of alkyl halides is 3. The van der Waals surface area contributed by atoms with E-state index < -0.39 is 23.7 Å². The Balaban J connectivity index is 1.48. The number of imidazole rings is 1. The van der Waals surface area contributed by atoms with Gasteiger partial charge in [0.05, 0.1) is 12.8 Å². The highest BCUT2D eigenvalue weighted by atomic mass is 19.4. The lowest BCUT2D eigenvalue weighted by Crippen LogP contribution is -2.46. The van der Waals surface area contributed by atoms with Gasteiger partial charge in [-0.1, -0.05) is 30.3 Å². The van der Waals surface area contributed by atoms with E-state index in [2.05, 4.69) is 24.9 Å². The lowest BCUT2D eigenvalue weighted by molar-refractivity contribution is -0.141. The maximum atomic E-state index is 13.9. The Bertz CT molecular complexity index is 2390. The average Bonchev–Trinajstić information content (AvgIpc) is 3.92.